The van der Waals surface area contributed by atoms with Crippen molar-refractivity contribution in [1.82, 2.24) is 0 Å². The van der Waals surface area contributed by atoms with Gasteiger partial charge in [-0.2, -0.15) is 123 Å². The first-order valence-electron chi connectivity index (χ1n) is 9.40. The summed E-state index contributed by atoms with van der Waals surface area (Å²) in [5, 5.41) is 1.54. The van der Waals surface area contributed by atoms with Gasteiger partial charge < -0.3 is 14.5 Å². The molecule has 0 aliphatic carbocycles. The van der Waals surface area contributed by atoms with E-state index in [0.717, 1.165) is 0 Å². The SMILES string of the molecule is O=C([O-])C(F)(F)C(F)(F)C(F)(F)C(F)(F)C(F)(F)F.O=S(=O)([O-])C(F)(F)C(F)(F)C(F)(F)C(F)(F)C(F)(F)C(F)(F)C(F)(F)C(F)(F)F.[K+].[K+]. The molecule has 0 fully saturated rings. The van der Waals surface area contributed by atoms with Crippen LogP contribution >= 0.6 is 0 Å². The second-order valence-corrected chi connectivity index (χ2v) is 9.42. The topological polar surface area (TPSA) is 97.3 Å². The molecule has 50 heavy (non-hydrogen) atoms. The van der Waals surface area contributed by atoms with Crippen molar-refractivity contribution in [3.05, 3.63) is 0 Å². The number of hydrogen-bond donors (Lipinski definition) is 0. The minimum absolute atomic E-state index is 0. The average molecular weight is 890 g/mol. The number of carboxylic acids is 1. The maximum absolute atomic E-state index is 13.0. The van der Waals surface area contributed by atoms with E-state index in [2.05, 4.69) is 0 Å². The van der Waals surface area contributed by atoms with Crippen molar-refractivity contribution in [3.8, 4) is 0 Å². The van der Waals surface area contributed by atoms with E-state index in [-0.39, 0.29) is 103 Å². The molecule has 290 valence electrons. The molecule has 0 radical (unpaired) electrons. The van der Waals surface area contributed by atoms with Crippen LogP contribution in [-0.4, -0.2) is 95.8 Å². The Bertz CT molecular complexity index is 1300. The molecule has 0 atom stereocenters. The first kappa shape index (κ1) is 57.4. The van der Waals surface area contributed by atoms with Gasteiger partial charge >= 0.3 is 180 Å². The number of alkyl halides is 28. The van der Waals surface area contributed by atoms with Crippen LogP contribution in [0.15, 0.2) is 0 Å². The van der Waals surface area contributed by atoms with E-state index in [0.29, 0.717) is 0 Å². The van der Waals surface area contributed by atoms with Crippen LogP contribution in [0.5, 0.6) is 0 Å². The molecule has 0 saturated carbocycles. The fourth-order valence-electron chi connectivity index (χ4n) is 2.01. The summed E-state index contributed by atoms with van der Waals surface area (Å²) >= 11 is 0. The number of carboxylic acid groups (broad SMARTS) is 1. The summed E-state index contributed by atoms with van der Waals surface area (Å²) in [6.45, 7) is 0. The summed E-state index contributed by atoms with van der Waals surface area (Å²) in [6, 6.07) is 0. The van der Waals surface area contributed by atoms with Gasteiger partial charge in [0.05, 0.1) is 0 Å². The van der Waals surface area contributed by atoms with Gasteiger partial charge in [-0.15, -0.1) is 0 Å². The molecule has 0 bridgehead atoms. The number of halogens is 28. The van der Waals surface area contributed by atoms with Crippen LogP contribution in [0.4, 0.5) is 123 Å². The number of carbonyl (C=O) groups is 1. The molecule has 0 saturated heterocycles. The smallest absolute Gasteiger partial charge is 0.743 e. The van der Waals surface area contributed by atoms with Crippen molar-refractivity contribution in [3.63, 3.8) is 0 Å². The number of rotatable bonds is 11. The normalized spacial score (nSPS) is 15.7. The van der Waals surface area contributed by atoms with Gasteiger partial charge in [-0.3, -0.25) is 0 Å². The fourth-order valence-corrected chi connectivity index (χ4v) is 2.45. The number of aliphatic carboxylic acids is 1. The molecule has 36 heteroatoms. The molecule has 0 spiro atoms. The number of carbonyl (C=O) groups excluding carboxylic acids is 1. The van der Waals surface area contributed by atoms with Crippen molar-refractivity contribution in [2.24, 2.45) is 0 Å². The van der Waals surface area contributed by atoms with Crippen LogP contribution in [0, 0.1) is 0 Å². The van der Waals surface area contributed by atoms with Crippen LogP contribution < -0.4 is 108 Å². The van der Waals surface area contributed by atoms with Gasteiger partial charge in [0.25, 0.3) is 0 Å². The first-order valence-corrected chi connectivity index (χ1v) is 10.8. The Hall–Kier alpha value is 0.693. The maximum Gasteiger partial charge on any atom is 1.00 e. The van der Waals surface area contributed by atoms with E-state index in [1.54, 1.807) is 0 Å². The van der Waals surface area contributed by atoms with E-state index >= 15 is 0 Å². The van der Waals surface area contributed by atoms with Crippen molar-refractivity contribution in [2.75, 3.05) is 0 Å². The van der Waals surface area contributed by atoms with Crippen molar-refractivity contribution in [1.29, 1.82) is 0 Å². The van der Waals surface area contributed by atoms with Gasteiger partial charge in [0.2, 0.25) is 0 Å². The van der Waals surface area contributed by atoms with Crippen LogP contribution in [0.2, 0.25) is 0 Å². The molecule has 0 aromatic carbocycles. The summed E-state index contributed by atoms with van der Waals surface area (Å²) in [5.74, 6) is -86.2. The van der Waals surface area contributed by atoms with Gasteiger partial charge in [-0.05, 0) is 0 Å². The van der Waals surface area contributed by atoms with Gasteiger partial charge in [-0.25, -0.2) is 8.42 Å². The van der Waals surface area contributed by atoms with E-state index in [4.69, 9.17) is 0 Å². The van der Waals surface area contributed by atoms with Crippen LogP contribution in [0.3, 0.4) is 0 Å². The quantitative estimate of drug-likeness (QED) is 0.170. The number of hydrogen-bond acceptors (Lipinski definition) is 5. The molecular weight excluding hydrogens is 890 g/mol. The predicted octanol–water partition coefficient (Wildman–Crippen LogP) is 0.346. The molecule has 5 nitrogen and oxygen atoms in total. The standard InChI is InChI=1S/C8HF17O3S.C6HF11O2.2K/c9-1(10,3(13,14)5(17,18)7(21,22)23)2(11,12)4(15,16)6(19,20)8(24,25)29(26,27)28;7-2(8,1(18)19)3(9,10)4(11,12)5(13,14)6(15,16)17;;/h(H,26,27,28);(H,18,19);;/q;;2*+1/p-2. The van der Waals surface area contributed by atoms with Gasteiger partial charge in [0.15, 0.2) is 10.1 Å². The Morgan fingerprint density at radius 1 is 0.360 bits per heavy atom. The Labute approximate surface area is 338 Å². The maximum atomic E-state index is 13.0. The molecule has 0 unspecified atom stereocenters. The average Bonchev–Trinajstić information content (AvgIpc) is 2.80. The summed E-state index contributed by atoms with van der Waals surface area (Å²) < 4.78 is 376. The molecule has 0 aliphatic heterocycles. The summed E-state index contributed by atoms with van der Waals surface area (Å²) in [4.78, 5) is 9.49. The molecule has 0 heterocycles. The zero-order chi connectivity index (χ0) is 40.6. The minimum atomic E-state index is -8.92. The Morgan fingerprint density at radius 3 is 0.720 bits per heavy atom. The molecule has 0 aromatic heterocycles. The Kier molecular flexibility index (Phi) is 17.6. The van der Waals surface area contributed by atoms with Crippen molar-refractivity contribution < 1.29 is 249 Å². The minimum Gasteiger partial charge on any atom is -0.743 e. The zero-order valence-electron chi connectivity index (χ0n) is 22.0. The van der Waals surface area contributed by atoms with E-state index in [1.165, 1.54) is 0 Å². The largest absolute Gasteiger partial charge is 1.00 e. The second-order valence-electron chi connectivity index (χ2n) is 8.00. The third-order valence-corrected chi connectivity index (χ3v) is 5.69. The van der Waals surface area contributed by atoms with Crippen LogP contribution in [0.1, 0.15) is 0 Å². The second kappa shape index (κ2) is 15.3. The molecule has 0 rings (SSSR count). The molecule has 0 aromatic rings. The van der Waals surface area contributed by atoms with Gasteiger partial charge in [0, 0.05) is 0 Å². The van der Waals surface area contributed by atoms with Gasteiger partial charge in [-0.1, -0.05) is 0 Å². The van der Waals surface area contributed by atoms with E-state index in [1.807, 2.05) is 0 Å². The van der Waals surface area contributed by atoms with Crippen molar-refractivity contribution >= 4 is 16.1 Å². The first-order chi connectivity index (χ1) is 19.9. The molecule has 0 amide bonds. The summed E-state index contributed by atoms with van der Waals surface area (Å²) in [7, 11) is -8.14. The van der Waals surface area contributed by atoms with Crippen molar-refractivity contribution in [2.45, 2.75) is 76.8 Å². The summed E-state index contributed by atoms with van der Waals surface area (Å²) in [6.07, 6.45) is -15.2. The van der Waals surface area contributed by atoms with E-state index < -0.39 is 92.9 Å². The van der Waals surface area contributed by atoms with Gasteiger partial charge in [0.1, 0.15) is 5.97 Å². The third-order valence-electron chi connectivity index (χ3n) is 4.80. The third kappa shape index (κ3) is 8.42. The van der Waals surface area contributed by atoms with Crippen LogP contribution in [-0.2, 0) is 14.9 Å². The summed E-state index contributed by atoms with van der Waals surface area (Å²) in [5.41, 5.74) is 0. The zero-order valence-corrected chi connectivity index (χ0v) is 29.1. The Morgan fingerprint density at radius 2 is 0.540 bits per heavy atom. The Balaban J connectivity index is -0.000000440. The molecule has 0 N–H and O–H groups in total. The molecular formula is C14F28K2O5S. The van der Waals surface area contributed by atoms with Crippen LogP contribution in [0.25, 0.3) is 0 Å². The monoisotopic (exact) mass is 890 g/mol. The van der Waals surface area contributed by atoms with E-state index in [9.17, 15) is 146 Å². The fraction of sp³-hybridized carbons (Fsp3) is 0.929. The predicted molar refractivity (Wildman–Crippen MR) is 81.2 cm³/mol. The molecule has 0 aliphatic rings.